The highest BCUT2D eigenvalue weighted by Crippen LogP contribution is 2.40. The van der Waals surface area contributed by atoms with Crippen molar-refractivity contribution in [3.8, 4) is 11.1 Å². The summed E-state index contributed by atoms with van der Waals surface area (Å²) in [4.78, 5) is 24.7. The number of ether oxygens (including phenoxy) is 2. The minimum atomic E-state index is -0.548. The molecule has 4 N–H and O–H groups in total. The van der Waals surface area contributed by atoms with Crippen LogP contribution in [0.25, 0.3) is 11.1 Å². The van der Waals surface area contributed by atoms with Crippen molar-refractivity contribution in [2.75, 3.05) is 5.75 Å². The lowest BCUT2D eigenvalue weighted by Crippen LogP contribution is -2.31. The third kappa shape index (κ3) is 10.5. The molecule has 0 aromatic heterocycles. The van der Waals surface area contributed by atoms with E-state index in [0.717, 1.165) is 52.0 Å². The first-order chi connectivity index (χ1) is 23.0. The van der Waals surface area contributed by atoms with Gasteiger partial charge in [-0.05, 0) is 64.9 Å². The molecular formula is C38H42N2O6S. The van der Waals surface area contributed by atoms with Crippen molar-refractivity contribution in [3.05, 3.63) is 125 Å². The molecular weight excluding hydrogens is 612 g/mol. The number of thioether (sulfide) groups is 1. The van der Waals surface area contributed by atoms with E-state index in [4.69, 9.17) is 14.7 Å². The second-order valence-corrected chi connectivity index (χ2v) is 12.8. The molecule has 1 heterocycles. The highest BCUT2D eigenvalue weighted by atomic mass is 32.2. The monoisotopic (exact) mass is 654 g/mol. The van der Waals surface area contributed by atoms with Gasteiger partial charge < -0.3 is 19.9 Å². The summed E-state index contributed by atoms with van der Waals surface area (Å²) in [5, 5.41) is 21.1. The van der Waals surface area contributed by atoms with Gasteiger partial charge >= 0.3 is 0 Å². The van der Waals surface area contributed by atoms with Gasteiger partial charge in [0.15, 0.2) is 6.29 Å². The summed E-state index contributed by atoms with van der Waals surface area (Å²) in [6.45, 7) is 0.426. The molecule has 1 aliphatic rings. The van der Waals surface area contributed by atoms with E-state index in [2.05, 4.69) is 41.7 Å². The topological polar surface area (TPSA) is 117 Å². The van der Waals surface area contributed by atoms with Crippen LogP contribution in [0.3, 0.4) is 0 Å². The van der Waals surface area contributed by atoms with E-state index in [1.807, 2.05) is 66.7 Å². The molecule has 9 heteroatoms. The molecule has 0 spiro atoms. The number of carbonyl (C=O) groups is 2. The van der Waals surface area contributed by atoms with E-state index >= 15 is 0 Å². The Kier molecular flexibility index (Phi) is 13.0. The Balaban J connectivity index is 1.24. The number of aliphatic hydroxyl groups is 1. The van der Waals surface area contributed by atoms with Gasteiger partial charge in [-0.2, -0.15) is 0 Å². The molecule has 0 bridgehead atoms. The molecule has 3 atom stereocenters. The summed E-state index contributed by atoms with van der Waals surface area (Å²) in [6, 6.07) is 34.6. The largest absolute Gasteiger partial charge is 0.392 e. The molecule has 1 aliphatic heterocycles. The number of amides is 2. The second kappa shape index (κ2) is 17.8. The predicted molar refractivity (Wildman–Crippen MR) is 182 cm³/mol. The molecule has 8 nitrogen and oxygen atoms in total. The van der Waals surface area contributed by atoms with Gasteiger partial charge in [-0.15, -0.1) is 11.8 Å². The Morgan fingerprint density at radius 3 is 2.21 bits per heavy atom. The zero-order chi connectivity index (χ0) is 32.8. The third-order valence-corrected chi connectivity index (χ3v) is 9.28. The maximum absolute atomic E-state index is 12.4. The predicted octanol–water partition coefficient (Wildman–Crippen LogP) is 7.26. The third-order valence-electron chi connectivity index (χ3n) is 8.14. The fraction of sp³-hybridized carbons (Fsp3) is 0.316. The molecule has 3 unspecified atom stereocenters. The van der Waals surface area contributed by atoms with Crippen LogP contribution in [0.15, 0.2) is 108 Å². The molecule has 1 saturated heterocycles. The van der Waals surface area contributed by atoms with Gasteiger partial charge in [0.2, 0.25) is 11.8 Å². The van der Waals surface area contributed by atoms with Gasteiger partial charge in [0.05, 0.1) is 18.8 Å². The number of rotatable bonds is 15. The van der Waals surface area contributed by atoms with Crippen molar-refractivity contribution in [3.63, 3.8) is 0 Å². The minimum Gasteiger partial charge on any atom is -0.392 e. The van der Waals surface area contributed by atoms with Crippen molar-refractivity contribution in [2.45, 2.75) is 75.1 Å². The molecule has 4 aromatic carbocycles. The van der Waals surface area contributed by atoms with Gasteiger partial charge in [0.25, 0.3) is 0 Å². The van der Waals surface area contributed by atoms with Crippen LogP contribution in [0, 0.1) is 0 Å². The van der Waals surface area contributed by atoms with E-state index in [1.165, 1.54) is 4.90 Å². The fourth-order valence-electron chi connectivity index (χ4n) is 5.55. The van der Waals surface area contributed by atoms with Crippen molar-refractivity contribution < 1.29 is 29.4 Å². The van der Waals surface area contributed by atoms with E-state index in [9.17, 15) is 14.7 Å². The summed E-state index contributed by atoms with van der Waals surface area (Å²) < 4.78 is 13.2. The Morgan fingerprint density at radius 1 is 0.745 bits per heavy atom. The highest BCUT2D eigenvalue weighted by Gasteiger charge is 2.32. The maximum atomic E-state index is 12.4. The number of carbonyl (C=O) groups excluding carboxylic acids is 2. The Labute approximate surface area is 280 Å². The molecule has 0 saturated carbocycles. The highest BCUT2D eigenvalue weighted by molar-refractivity contribution is 7.99. The molecule has 0 radical (unpaired) electrons. The zero-order valence-electron chi connectivity index (χ0n) is 26.3. The van der Waals surface area contributed by atoms with E-state index in [-0.39, 0.29) is 31.1 Å². The van der Waals surface area contributed by atoms with E-state index in [0.29, 0.717) is 25.8 Å². The lowest BCUT2D eigenvalue weighted by Gasteiger charge is -2.36. The number of hydrogen-bond acceptors (Lipinski definition) is 7. The average molecular weight is 655 g/mol. The van der Waals surface area contributed by atoms with Crippen LogP contribution in [0.4, 0.5) is 0 Å². The quantitative estimate of drug-likeness (QED) is 0.0462. The van der Waals surface area contributed by atoms with Crippen LogP contribution in [-0.2, 0) is 32.2 Å². The first-order valence-electron chi connectivity index (χ1n) is 16.1. The fourth-order valence-corrected chi connectivity index (χ4v) is 6.49. The number of nitrogens with one attached hydrogen (secondary N) is 2. The zero-order valence-corrected chi connectivity index (χ0v) is 27.2. The van der Waals surface area contributed by atoms with Crippen LogP contribution < -0.4 is 10.8 Å². The molecule has 246 valence electrons. The number of hydroxylamine groups is 1. The van der Waals surface area contributed by atoms with Crippen LogP contribution in [0.5, 0.6) is 0 Å². The Morgan fingerprint density at radius 2 is 1.47 bits per heavy atom. The van der Waals surface area contributed by atoms with Gasteiger partial charge in [0, 0.05) is 42.0 Å². The van der Waals surface area contributed by atoms with Crippen LogP contribution in [0.2, 0.25) is 0 Å². The molecule has 5 rings (SSSR count). The van der Waals surface area contributed by atoms with Gasteiger partial charge in [-0.3, -0.25) is 14.8 Å². The van der Waals surface area contributed by atoms with Crippen molar-refractivity contribution in [2.24, 2.45) is 0 Å². The van der Waals surface area contributed by atoms with Crippen LogP contribution >= 0.6 is 11.8 Å². The Hall–Kier alpha value is -3.99. The van der Waals surface area contributed by atoms with Crippen molar-refractivity contribution in [1.29, 1.82) is 0 Å². The lowest BCUT2D eigenvalue weighted by atomic mass is 9.99. The number of unbranched alkanes of at least 4 members (excludes halogenated alkanes) is 2. The first-order valence-corrected chi connectivity index (χ1v) is 17.1. The standard InChI is InChI=1S/C38H42N2O6S/c41-25-27-17-19-29(20-18-27)35-23-33(26-47-34-13-3-1-4-14-34)45-38(46-35)32-12-8-11-31(22-32)30-10-7-9-28(21-30)24-39-36(42)15-5-2-6-16-37(43)40-44/h1,3-4,7-14,17-22,33,35,38,41,44H,2,5-6,15-16,23-26H2,(H,39,42)(H,40,43). The van der Waals surface area contributed by atoms with Crippen LogP contribution in [-0.4, -0.2) is 34.0 Å². The molecule has 4 aromatic rings. The summed E-state index contributed by atoms with van der Waals surface area (Å²) in [5.41, 5.74) is 7.54. The minimum absolute atomic E-state index is 0.00327. The Bertz CT molecular complexity index is 1580. The number of benzene rings is 4. The summed E-state index contributed by atoms with van der Waals surface area (Å²) in [7, 11) is 0. The van der Waals surface area contributed by atoms with Gasteiger partial charge in [-0.1, -0.05) is 85.3 Å². The van der Waals surface area contributed by atoms with Crippen molar-refractivity contribution in [1.82, 2.24) is 10.8 Å². The smallest absolute Gasteiger partial charge is 0.243 e. The first kappa shape index (κ1) is 34.3. The van der Waals surface area contributed by atoms with Gasteiger partial charge in [0.1, 0.15) is 0 Å². The molecule has 0 aliphatic carbocycles. The second-order valence-electron chi connectivity index (χ2n) is 11.7. The summed E-state index contributed by atoms with van der Waals surface area (Å²) in [5.74, 6) is 0.356. The molecule has 2 amide bonds. The number of hydrogen-bond donors (Lipinski definition) is 4. The van der Waals surface area contributed by atoms with E-state index in [1.54, 1.807) is 17.2 Å². The lowest BCUT2D eigenvalue weighted by molar-refractivity contribution is -0.245. The van der Waals surface area contributed by atoms with Crippen molar-refractivity contribution >= 4 is 23.6 Å². The SMILES string of the molecule is O=C(CCCCCC(=O)NCc1cccc(-c2cccc(C3OC(CSc4ccccc4)CC(c4ccc(CO)cc4)O3)c2)c1)NO. The number of aliphatic hydroxyl groups excluding tert-OH is 1. The van der Waals surface area contributed by atoms with Crippen LogP contribution in [0.1, 0.15) is 73.2 Å². The normalized spacial score (nSPS) is 17.6. The average Bonchev–Trinajstić information content (AvgIpc) is 3.13. The summed E-state index contributed by atoms with van der Waals surface area (Å²) in [6.07, 6.45) is 2.68. The summed E-state index contributed by atoms with van der Waals surface area (Å²) >= 11 is 1.78. The van der Waals surface area contributed by atoms with E-state index < -0.39 is 12.2 Å². The molecule has 47 heavy (non-hydrogen) atoms. The maximum Gasteiger partial charge on any atom is 0.243 e. The molecule has 1 fully saturated rings. The van der Waals surface area contributed by atoms with Gasteiger partial charge in [-0.25, -0.2) is 5.48 Å².